The Balaban J connectivity index is 2.58. The van der Waals surface area contributed by atoms with Crippen LogP contribution in [0.4, 0.5) is 0 Å². The Bertz CT molecular complexity index is 479. The molecular weight excluding hydrogens is 267 g/mol. The van der Waals surface area contributed by atoms with Gasteiger partial charge in [0.15, 0.2) is 0 Å². The molecule has 0 aliphatic carbocycles. The molecule has 1 heteroatoms. The molecule has 0 bridgehead atoms. The van der Waals surface area contributed by atoms with Crippen LogP contribution in [0.3, 0.4) is 0 Å². The number of rotatable bonds is 2. The minimum absolute atomic E-state index is 1.44. The standard InChI is InChI=1S/C16H20As/c1-13-9-5-7-11-15(13)17(3,4)16-12-8-6-10-14(16)2/h5-12H,1-4H3/q+1. The summed E-state index contributed by atoms with van der Waals surface area (Å²) in [6.45, 7) is 4.47. The maximum absolute atomic E-state index is 2.48. The summed E-state index contributed by atoms with van der Waals surface area (Å²) in [4.78, 5) is 0. The first-order chi connectivity index (χ1) is 8.03. The first kappa shape index (κ1) is 12.5. The van der Waals surface area contributed by atoms with Gasteiger partial charge in [0.05, 0.1) is 0 Å². The van der Waals surface area contributed by atoms with Crippen LogP contribution in [0.5, 0.6) is 0 Å². The van der Waals surface area contributed by atoms with Crippen LogP contribution in [0.2, 0.25) is 11.4 Å². The van der Waals surface area contributed by atoms with Crippen molar-refractivity contribution in [3.05, 3.63) is 59.7 Å². The van der Waals surface area contributed by atoms with Gasteiger partial charge in [-0.1, -0.05) is 0 Å². The molecule has 0 heterocycles. The van der Waals surface area contributed by atoms with Crippen LogP contribution in [0.25, 0.3) is 0 Å². The fourth-order valence-corrected chi connectivity index (χ4v) is 8.99. The van der Waals surface area contributed by atoms with Crippen LogP contribution >= 0.6 is 0 Å². The molecule has 17 heavy (non-hydrogen) atoms. The van der Waals surface area contributed by atoms with E-state index in [2.05, 4.69) is 73.8 Å². The average Bonchev–Trinajstić information content (AvgIpc) is 2.29. The fourth-order valence-electron chi connectivity index (χ4n) is 2.51. The van der Waals surface area contributed by atoms with Crippen LogP contribution in [0, 0.1) is 13.8 Å². The number of aryl methyl sites for hydroxylation is 2. The third kappa shape index (κ3) is 2.33. The van der Waals surface area contributed by atoms with Crippen molar-refractivity contribution in [2.45, 2.75) is 25.3 Å². The normalized spacial score (nSPS) is 11.5. The Morgan fingerprint density at radius 3 is 1.35 bits per heavy atom. The number of hydrogen-bond acceptors (Lipinski definition) is 0. The van der Waals surface area contributed by atoms with Crippen molar-refractivity contribution in [3.8, 4) is 0 Å². The minimum atomic E-state index is -1.93. The maximum atomic E-state index is 2.48. The Hall–Kier alpha value is -1.00. The summed E-state index contributed by atoms with van der Waals surface area (Å²) in [5.74, 6) is 0. The van der Waals surface area contributed by atoms with Gasteiger partial charge in [0.25, 0.3) is 0 Å². The zero-order chi connectivity index (χ0) is 12.5. The van der Waals surface area contributed by atoms with E-state index in [-0.39, 0.29) is 0 Å². The van der Waals surface area contributed by atoms with Crippen molar-refractivity contribution in [2.24, 2.45) is 0 Å². The summed E-state index contributed by atoms with van der Waals surface area (Å²) >= 11 is -1.93. The van der Waals surface area contributed by atoms with E-state index < -0.39 is 13.6 Å². The van der Waals surface area contributed by atoms with Crippen molar-refractivity contribution in [3.63, 3.8) is 0 Å². The van der Waals surface area contributed by atoms with Gasteiger partial charge in [-0.15, -0.1) is 0 Å². The second-order valence-electron chi connectivity index (χ2n) is 5.03. The third-order valence-corrected chi connectivity index (χ3v) is 10.6. The van der Waals surface area contributed by atoms with E-state index in [9.17, 15) is 0 Å². The summed E-state index contributed by atoms with van der Waals surface area (Å²) in [5.41, 5.74) is 7.83. The quantitative estimate of drug-likeness (QED) is 0.744. The number of benzene rings is 2. The van der Waals surface area contributed by atoms with Crippen LogP contribution in [-0.4, -0.2) is 13.6 Å². The van der Waals surface area contributed by atoms with E-state index in [1.54, 1.807) is 8.70 Å². The topological polar surface area (TPSA) is 0 Å². The van der Waals surface area contributed by atoms with E-state index >= 15 is 0 Å². The molecule has 0 fully saturated rings. The van der Waals surface area contributed by atoms with Crippen LogP contribution in [-0.2, 0) is 0 Å². The Morgan fingerprint density at radius 2 is 1.00 bits per heavy atom. The Kier molecular flexibility index (Phi) is 3.45. The van der Waals surface area contributed by atoms with E-state index in [0.29, 0.717) is 0 Å². The van der Waals surface area contributed by atoms with Crippen LogP contribution in [0.15, 0.2) is 48.5 Å². The first-order valence-corrected chi connectivity index (χ1v) is 11.6. The average molecular weight is 287 g/mol. The van der Waals surface area contributed by atoms with Gasteiger partial charge in [-0.3, -0.25) is 0 Å². The van der Waals surface area contributed by atoms with Crippen molar-refractivity contribution >= 4 is 22.3 Å². The molecule has 0 spiro atoms. The third-order valence-electron chi connectivity index (χ3n) is 3.44. The summed E-state index contributed by atoms with van der Waals surface area (Å²) in [7, 11) is 0. The van der Waals surface area contributed by atoms with Gasteiger partial charge in [-0.2, -0.15) is 0 Å². The monoisotopic (exact) mass is 287 g/mol. The predicted molar refractivity (Wildman–Crippen MR) is 79.1 cm³/mol. The second-order valence-corrected chi connectivity index (χ2v) is 13.1. The summed E-state index contributed by atoms with van der Waals surface area (Å²) in [6, 6.07) is 17.7. The Morgan fingerprint density at radius 1 is 0.647 bits per heavy atom. The molecule has 0 aromatic heterocycles. The van der Waals surface area contributed by atoms with E-state index in [4.69, 9.17) is 0 Å². The molecule has 0 saturated carbocycles. The molecule has 0 radical (unpaired) electrons. The van der Waals surface area contributed by atoms with Crippen molar-refractivity contribution in [1.29, 1.82) is 0 Å². The zero-order valence-electron chi connectivity index (χ0n) is 11.1. The van der Waals surface area contributed by atoms with Gasteiger partial charge in [0, 0.05) is 0 Å². The van der Waals surface area contributed by atoms with Gasteiger partial charge in [0.2, 0.25) is 0 Å². The Labute approximate surface area is 107 Å². The van der Waals surface area contributed by atoms with Gasteiger partial charge < -0.3 is 0 Å². The molecule has 88 valence electrons. The molecule has 0 atom stereocenters. The molecule has 2 aromatic carbocycles. The van der Waals surface area contributed by atoms with Crippen molar-refractivity contribution in [1.82, 2.24) is 0 Å². The van der Waals surface area contributed by atoms with Crippen LogP contribution < -0.4 is 8.70 Å². The summed E-state index contributed by atoms with van der Waals surface area (Å²) < 4.78 is 3.17. The summed E-state index contributed by atoms with van der Waals surface area (Å²) in [5, 5.41) is 0. The number of hydrogen-bond donors (Lipinski definition) is 0. The van der Waals surface area contributed by atoms with E-state index in [0.717, 1.165) is 0 Å². The van der Waals surface area contributed by atoms with Gasteiger partial charge in [-0.25, -0.2) is 0 Å². The second kappa shape index (κ2) is 4.70. The van der Waals surface area contributed by atoms with Crippen molar-refractivity contribution < 1.29 is 0 Å². The van der Waals surface area contributed by atoms with Gasteiger partial charge in [-0.05, 0) is 0 Å². The van der Waals surface area contributed by atoms with Gasteiger partial charge in [0.1, 0.15) is 0 Å². The molecule has 0 amide bonds. The summed E-state index contributed by atoms with van der Waals surface area (Å²) in [6.07, 6.45) is 0. The molecule has 0 saturated heterocycles. The zero-order valence-corrected chi connectivity index (χ0v) is 12.9. The SMILES string of the molecule is Cc1ccccc1[As+](C)(C)c1ccccc1C. The van der Waals surface area contributed by atoms with Crippen LogP contribution in [0.1, 0.15) is 11.1 Å². The molecule has 0 nitrogen and oxygen atoms in total. The predicted octanol–water partition coefficient (Wildman–Crippen LogP) is 3.13. The van der Waals surface area contributed by atoms with E-state index in [1.807, 2.05) is 0 Å². The molecule has 2 rings (SSSR count). The van der Waals surface area contributed by atoms with E-state index in [1.165, 1.54) is 11.1 Å². The molecule has 0 unspecified atom stereocenters. The molecule has 0 aliphatic rings. The molecule has 0 aliphatic heterocycles. The molecular formula is C16H20As+. The van der Waals surface area contributed by atoms with Crippen molar-refractivity contribution in [2.75, 3.05) is 0 Å². The van der Waals surface area contributed by atoms with Gasteiger partial charge >= 0.3 is 107 Å². The molecule has 2 aromatic rings. The molecule has 0 N–H and O–H groups in total. The first-order valence-electron chi connectivity index (χ1n) is 6.00. The fraction of sp³-hybridized carbons (Fsp3) is 0.250.